The third-order valence-electron chi connectivity index (χ3n) is 3.75. The van der Waals surface area contributed by atoms with Crippen LogP contribution >= 0.6 is 0 Å². The van der Waals surface area contributed by atoms with Crippen LogP contribution in [0.1, 0.15) is 33.3 Å². The molecule has 0 atom stereocenters. The average molecular weight is 399 g/mol. The van der Waals surface area contributed by atoms with Crippen molar-refractivity contribution in [2.75, 3.05) is 12.4 Å². The highest BCUT2D eigenvalue weighted by atomic mass is 16.5. The number of nitrogens with zero attached hydrogens (tertiary/aromatic N) is 1. The van der Waals surface area contributed by atoms with Crippen LogP contribution < -0.4 is 25.4 Å². The van der Waals surface area contributed by atoms with Gasteiger partial charge in [0.15, 0.2) is 0 Å². The highest BCUT2D eigenvalue weighted by Crippen LogP contribution is 2.18. The number of guanidine groups is 1. The fraction of sp³-hybridized carbons (Fsp3) is 0.364. The summed E-state index contributed by atoms with van der Waals surface area (Å²) in [6, 6.07) is 14.7. The lowest BCUT2D eigenvalue weighted by Gasteiger charge is -2.15. The predicted octanol–water partition coefficient (Wildman–Crippen LogP) is 4.16. The van der Waals surface area contributed by atoms with E-state index >= 15 is 0 Å². The Morgan fingerprint density at radius 2 is 1.72 bits per heavy atom. The number of methoxy groups -OCH3 is 1. The van der Waals surface area contributed by atoms with Gasteiger partial charge in [-0.2, -0.15) is 4.99 Å². The number of carbonyl (C=O) groups excluding carboxylic acids is 1. The molecule has 0 aliphatic heterocycles. The lowest BCUT2D eigenvalue weighted by atomic mass is 10.2. The smallest absolute Gasteiger partial charge is 0.344 e. The monoisotopic (exact) mass is 398 g/mol. The van der Waals surface area contributed by atoms with Crippen LogP contribution in [0.25, 0.3) is 0 Å². The number of para-hydroxylation sites is 1. The fourth-order valence-electron chi connectivity index (χ4n) is 2.55. The first kappa shape index (κ1) is 22.1. The number of ether oxygens (including phenoxy) is 2. The number of hydrogen-bond acceptors (Lipinski definition) is 3. The molecule has 7 heteroatoms. The standard InChI is InChI=1S/C22H30N4O3/c1-15(2)24-22(27)26-21(23-14-17-8-6-7-9-20(17)28-5)25-18-10-12-19(13-11-18)29-16(3)4/h6-13,15-16H,14H2,1-5H3,(H3,23,24,25,26,27). The molecule has 0 saturated carbocycles. The minimum absolute atomic E-state index is 0.00539. The molecule has 0 heterocycles. The van der Waals surface area contributed by atoms with E-state index in [0.29, 0.717) is 12.5 Å². The van der Waals surface area contributed by atoms with Crippen molar-refractivity contribution in [1.82, 2.24) is 10.6 Å². The van der Waals surface area contributed by atoms with Crippen LogP contribution in [0.15, 0.2) is 53.5 Å². The Morgan fingerprint density at radius 3 is 2.34 bits per heavy atom. The zero-order chi connectivity index (χ0) is 21.2. The molecular weight excluding hydrogens is 368 g/mol. The highest BCUT2D eigenvalue weighted by molar-refractivity contribution is 6.00. The van der Waals surface area contributed by atoms with Crippen LogP contribution in [0.3, 0.4) is 0 Å². The van der Waals surface area contributed by atoms with Gasteiger partial charge in [-0.05, 0) is 58.0 Å². The molecule has 0 aromatic heterocycles. The van der Waals surface area contributed by atoms with E-state index in [1.54, 1.807) is 7.11 Å². The Balaban J connectivity index is 2.14. The van der Waals surface area contributed by atoms with Crippen LogP contribution in [0.2, 0.25) is 0 Å². The Morgan fingerprint density at radius 1 is 1.03 bits per heavy atom. The molecule has 0 spiro atoms. The molecule has 0 saturated heterocycles. The van der Waals surface area contributed by atoms with Crippen LogP contribution in [-0.4, -0.2) is 31.2 Å². The summed E-state index contributed by atoms with van der Waals surface area (Å²) in [5.41, 5.74) is 1.74. The second kappa shape index (κ2) is 10.9. The normalized spacial score (nSPS) is 11.3. The van der Waals surface area contributed by atoms with E-state index in [0.717, 1.165) is 22.7 Å². The maximum Gasteiger partial charge on any atom is 0.344 e. The van der Waals surface area contributed by atoms with Gasteiger partial charge in [0, 0.05) is 23.8 Å². The van der Waals surface area contributed by atoms with Gasteiger partial charge in [-0.1, -0.05) is 18.2 Å². The molecule has 0 fully saturated rings. The van der Waals surface area contributed by atoms with Gasteiger partial charge in [0.1, 0.15) is 11.5 Å². The van der Waals surface area contributed by atoms with E-state index < -0.39 is 6.03 Å². The van der Waals surface area contributed by atoms with Crippen LogP contribution in [0, 0.1) is 0 Å². The van der Waals surface area contributed by atoms with Crippen molar-refractivity contribution in [2.45, 2.75) is 46.4 Å². The number of anilines is 1. The van der Waals surface area contributed by atoms with Crippen molar-refractivity contribution >= 4 is 17.7 Å². The van der Waals surface area contributed by atoms with Crippen molar-refractivity contribution in [1.29, 1.82) is 0 Å². The fourth-order valence-corrected chi connectivity index (χ4v) is 2.55. The molecule has 2 aromatic rings. The summed E-state index contributed by atoms with van der Waals surface area (Å²) in [7, 11) is 1.63. The first-order valence-electron chi connectivity index (χ1n) is 9.66. The molecule has 0 radical (unpaired) electrons. The van der Waals surface area contributed by atoms with E-state index in [1.165, 1.54) is 0 Å². The maximum atomic E-state index is 12.1. The zero-order valence-electron chi connectivity index (χ0n) is 17.7. The molecule has 0 bridgehead atoms. The number of nitrogens with one attached hydrogen (secondary N) is 3. The third kappa shape index (κ3) is 7.73. The number of amides is 2. The largest absolute Gasteiger partial charge is 0.496 e. The van der Waals surface area contributed by atoms with Crippen LogP contribution in [-0.2, 0) is 6.54 Å². The summed E-state index contributed by atoms with van der Waals surface area (Å²) in [6.07, 6.45) is 0.105. The summed E-state index contributed by atoms with van der Waals surface area (Å²) in [4.78, 5) is 16.3. The summed E-state index contributed by atoms with van der Waals surface area (Å²) in [6.45, 7) is 8.17. The van der Waals surface area contributed by atoms with Gasteiger partial charge in [0.25, 0.3) is 0 Å². The number of urea groups is 1. The molecule has 0 unspecified atom stereocenters. The lowest BCUT2D eigenvalue weighted by Crippen LogP contribution is -2.35. The topological polar surface area (TPSA) is 84.0 Å². The van der Waals surface area contributed by atoms with Gasteiger partial charge in [0.2, 0.25) is 5.96 Å². The first-order valence-corrected chi connectivity index (χ1v) is 9.66. The quantitative estimate of drug-likeness (QED) is 0.482. The SMILES string of the molecule is COc1ccccc1CN/C(=N\C(=O)NC(C)C)Nc1ccc(OC(C)C)cc1. The minimum atomic E-state index is -0.421. The van der Waals surface area contributed by atoms with Crippen molar-refractivity contribution in [3.63, 3.8) is 0 Å². The van der Waals surface area contributed by atoms with Crippen molar-refractivity contribution in [2.24, 2.45) is 4.99 Å². The summed E-state index contributed by atoms with van der Waals surface area (Å²) < 4.78 is 11.0. The van der Waals surface area contributed by atoms with E-state index in [1.807, 2.05) is 76.2 Å². The molecule has 3 N–H and O–H groups in total. The van der Waals surface area contributed by atoms with Gasteiger partial charge in [0.05, 0.1) is 13.2 Å². The summed E-state index contributed by atoms with van der Waals surface area (Å²) >= 11 is 0. The van der Waals surface area contributed by atoms with E-state index in [-0.39, 0.29) is 12.1 Å². The molecule has 2 rings (SSSR count). The Labute approximate surface area is 172 Å². The third-order valence-corrected chi connectivity index (χ3v) is 3.75. The average Bonchev–Trinajstić information content (AvgIpc) is 2.66. The molecular formula is C22H30N4O3. The van der Waals surface area contributed by atoms with E-state index in [9.17, 15) is 4.79 Å². The van der Waals surface area contributed by atoms with Gasteiger partial charge in [-0.15, -0.1) is 0 Å². The van der Waals surface area contributed by atoms with Crippen molar-refractivity contribution < 1.29 is 14.3 Å². The predicted molar refractivity (Wildman–Crippen MR) is 117 cm³/mol. The molecule has 0 aliphatic rings. The molecule has 7 nitrogen and oxygen atoms in total. The first-order chi connectivity index (χ1) is 13.9. The second-order valence-corrected chi connectivity index (χ2v) is 7.05. The van der Waals surface area contributed by atoms with Gasteiger partial charge in [-0.25, -0.2) is 4.79 Å². The van der Waals surface area contributed by atoms with Gasteiger partial charge >= 0.3 is 6.03 Å². The molecule has 156 valence electrons. The Bertz CT molecular complexity index is 817. The number of benzene rings is 2. The molecule has 2 aromatic carbocycles. The van der Waals surface area contributed by atoms with Crippen LogP contribution in [0.4, 0.5) is 10.5 Å². The van der Waals surface area contributed by atoms with Crippen molar-refractivity contribution in [3.05, 3.63) is 54.1 Å². The summed E-state index contributed by atoms with van der Waals surface area (Å²) in [5.74, 6) is 1.89. The van der Waals surface area contributed by atoms with E-state index in [4.69, 9.17) is 9.47 Å². The molecule has 29 heavy (non-hydrogen) atoms. The maximum absolute atomic E-state index is 12.1. The summed E-state index contributed by atoms with van der Waals surface area (Å²) in [5, 5.41) is 9.09. The van der Waals surface area contributed by atoms with Gasteiger partial charge < -0.3 is 25.4 Å². The zero-order valence-corrected chi connectivity index (χ0v) is 17.7. The van der Waals surface area contributed by atoms with Gasteiger partial charge in [-0.3, -0.25) is 0 Å². The Kier molecular flexibility index (Phi) is 8.33. The highest BCUT2D eigenvalue weighted by Gasteiger charge is 2.08. The number of carbonyl (C=O) groups is 1. The van der Waals surface area contributed by atoms with Crippen LogP contribution in [0.5, 0.6) is 11.5 Å². The lowest BCUT2D eigenvalue weighted by molar-refractivity contribution is 0.242. The second-order valence-electron chi connectivity index (χ2n) is 7.05. The number of hydrogen-bond donors (Lipinski definition) is 3. The number of rotatable bonds is 7. The Hall–Kier alpha value is -3.22. The molecule has 0 aliphatic carbocycles. The van der Waals surface area contributed by atoms with Crippen molar-refractivity contribution in [3.8, 4) is 11.5 Å². The van der Waals surface area contributed by atoms with E-state index in [2.05, 4.69) is 20.9 Å². The molecule has 2 amide bonds. The number of aliphatic imine (C=N–C) groups is 1. The minimum Gasteiger partial charge on any atom is -0.496 e.